The van der Waals surface area contributed by atoms with Crippen molar-refractivity contribution in [1.29, 1.82) is 0 Å². The Morgan fingerprint density at radius 1 is 1.18 bits per heavy atom. The molecule has 8 nitrogen and oxygen atoms in total. The number of sulfonamides is 1. The van der Waals surface area contributed by atoms with E-state index in [2.05, 4.69) is 9.62 Å². The molecule has 3 rings (SSSR count). The molecule has 2 aromatic carbocycles. The molecule has 0 radical (unpaired) electrons. The number of methoxy groups -OCH3 is 1. The van der Waals surface area contributed by atoms with Crippen LogP contribution in [0.4, 0.5) is 11.4 Å². The van der Waals surface area contributed by atoms with Crippen molar-refractivity contribution in [2.45, 2.75) is 30.6 Å². The Kier molecular flexibility index (Phi) is 8.58. The number of ether oxygens (including phenoxy) is 1. The second-order valence-corrected chi connectivity index (χ2v) is 10.5. The lowest BCUT2D eigenvalue weighted by atomic mass is 9.90. The molecule has 33 heavy (non-hydrogen) atoms. The van der Waals surface area contributed by atoms with Gasteiger partial charge in [-0.15, -0.1) is 0 Å². The average Bonchev–Trinajstić information content (AvgIpc) is 2.80. The van der Waals surface area contributed by atoms with E-state index in [-0.39, 0.29) is 10.7 Å². The predicted molar refractivity (Wildman–Crippen MR) is 131 cm³/mol. The first-order chi connectivity index (χ1) is 15.7. The van der Waals surface area contributed by atoms with Crippen molar-refractivity contribution >= 4 is 38.8 Å². The number of Topliss-reactive ketones (excluding diaryl/α,β-unsaturated/α-hetero) is 1. The van der Waals surface area contributed by atoms with E-state index in [1.54, 1.807) is 24.3 Å². The van der Waals surface area contributed by atoms with Crippen molar-refractivity contribution in [3.8, 4) is 5.75 Å². The molecule has 0 aliphatic carbocycles. The summed E-state index contributed by atoms with van der Waals surface area (Å²) in [7, 11) is -2.04. The summed E-state index contributed by atoms with van der Waals surface area (Å²) in [6, 6.07) is 9.29. The summed E-state index contributed by atoms with van der Waals surface area (Å²) in [6.07, 6.45) is 3.15. The SMILES string of the molecule is COc1cc(N)c(Cl)cc1C(=O)CCC1CCN(CCNS(=O)(=O)c2ccc(N)cc2)CC1. The Bertz CT molecular complexity index is 1070. The maximum absolute atomic E-state index is 12.7. The highest BCUT2D eigenvalue weighted by Gasteiger charge is 2.22. The molecule has 0 aromatic heterocycles. The zero-order valence-corrected chi connectivity index (χ0v) is 20.3. The van der Waals surface area contributed by atoms with Crippen LogP contribution in [0.25, 0.3) is 0 Å². The molecule has 1 fully saturated rings. The summed E-state index contributed by atoms with van der Waals surface area (Å²) in [5.74, 6) is 0.887. The number of piperidine rings is 1. The smallest absolute Gasteiger partial charge is 0.240 e. The van der Waals surface area contributed by atoms with E-state index < -0.39 is 10.0 Å². The fourth-order valence-electron chi connectivity index (χ4n) is 3.99. The van der Waals surface area contributed by atoms with Crippen LogP contribution in [0, 0.1) is 5.92 Å². The number of nitrogens with one attached hydrogen (secondary N) is 1. The highest BCUT2D eigenvalue weighted by Crippen LogP contribution is 2.31. The molecule has 5 N–H and O–H groups in total. The standard InChI is InChI=1S/C23H31ClN4O4S/c1-32-23-15-21(26)20(24)14-19(23)22(29)7-2-16-8-11-28(12-9-16)13-10-27-33(30,31)18-5-3-17(25)4-6-18/h3-6,14-16,27H,2,7-13,25-26H2,1H3. The lowest BCUT2D eigenvalue weighted by Gasteiger charge is -2.31. The van der Waals surface area contributed by atoms with E-state index in [9.17, 15) is 13.2 Å². The van der Waals surface area contributed by atoms with Crippen LogP contribution in [-0.2, 0) is 10.0 Å². The summed E-state index contributed by atoms with van der Waals surface area (Å²) in [6.45, 7) is 2.73. The number of nitrogen functional groups attached to an aromatic ring is 2. The van der Waals surface area contributed by atoms with Gasteiger partial charge in [-0.25, -0.2) is 13.1 Å². The first-order valence-corrected chi connectivity index (χ1v) is 12.8. The Hall–Kier alpha value is -2.33. The number of carbonyl (C=O) groups is 1. The monoisotopic (exact) mass is 494 g/mol. The molecule has 0 atom stereocenters. The number of halogens is 1. The molecule has 1 aliphatic heterocycles. The van der Waals surface area contributed by atoms with Crippen LogP contribution in [0.2, 0.25) is 5.02 Å². The van der Waals surface area contributed by atoms with Gasteiger partial charge in [-0.05, 0) is 68.6 Å². The zero-order chi connectivity index (χ0) is 24.0. The topological polar surface area (TPSA) is 128 Å². The van der Waals surface area contributed by atoms with E-state index in [4.69, 9.17) is 27.8 Å². The number of benzene rings is 2. The van der Waals surface area contributed by atoms with Gasteiger partial charge >= 0.3 is 0 Å². The van der Waals surface area contributed by atoms with Crippen molar-refractivity contribution < 1.29 is 17.9 Å². The molecule has 0 spiro atoms. The third-order valence-electron chi connectivity index (χ3n) is 6.02. The van der Waals surface area contributed by atoms with Gasteiger partial charge in [0.1, 0.15) is 5.75 Å². The molecule has 10 heteroatoms. The van der Waals surface area contributed by atoms with Gasteiger partial charge in [0.05, 0.1) is 28.3 Å². The van der Waals surface area contributed by atoms with Crippen LogP contribution in [0.15, 0.2) is 41.3 Å². The number of anilines is 2. The molecule has 1 saturated heterocycles. The largest absolute Gasteiger partial charge is 0.496 e. The normalized spacial score (nSPS) is 15.5. The number of likely N-dealkylation sites (tertiary alicyclic amines) is 1. The predicted octanol–water partition coefficient (Wildman–Crippen LogP) is 3.17. The molecule has 2 aromatic rings. The summed E-state index contributed by atoms with van der Waals surface area (Å²) in [5.41, 5.74) is 12.8. The first-order valence-electron chi connectivity index (χ1n) is 10.9. The van der Waals surface area contributed by atoms with Gasteiger partial charge in [-0.2, -0.15) is 0 Å². The molecule has 0 amide bonds. The molecule has 180 valence electrons. The molecule has 1 heterocycles. The molecule has 0 saturated carbocycles. The average molecular weight is 495 g/mol. The Balaban J connectivity index is 1.41. The van der Waals surface area contributed by atoms with Gasteiger partial charge in [0.15, 0.2) is 5.78 Å². The third-order valence-corrected chi connectivity index (χ3v) is 7.82. The summed E-state index contributed by atoms with van der Waals surface area (Å²) in [5, 5.41) is 0.347. The summed E-state index contributed by atoms with van der Waals surface area (Å²) < 4.78 is 32.7. The van der Waals surface area contributed by atoms with Crippen LogP contribution in [0.1, 0.15) is 36.0 Å². The minimum absolute atomic E-state index is 0.00625. The highest BCUT2D eigenvalue weighted by atomic mass is 35.5. The summed E-state index contributed by atoms with van der Waals surface area (Å²) >= 11 is 6.08. The number of rotatable bonds is 10. The second kappa shape index (κ2) is 11.2. The zero-order valence-electron chi connectivity index (χ0n) is 18.7. The number of nitrogens with zero attached hydrogens (tertiary/aromatic N) is 1. The number of nitrogens with two attached hydrogens (primary N) is 2. The van der Waals surface area contributed by atoms with Crippen molar-refractivity contribution in [1.82, 2.24) is 9.62 Å². The maximum Gasteiger partial charge on any atom is 0.240 e. The Labute approximate surface area is 200 Å². The number of hydrogen-bond donors (Lipinski definition) is 3. The van der Waals surface area contributed by atoms with Gasteiger partial charge in [0.25, 0.3) is 0 Å². The number of carbonyl (C=O) groups excluding carboxylic acids is 1. The van der Waals surface area contributed by atoms with Crippen LogP contribution in [0.5, 0.6) is 5.75 Å². The van der Waals surface area contributed by atoms with Gasteiger partial charge in [0, 0.05) is 31.3 Å². The Morgan fingerprint density at radius 3 is 2.48 bits per heavy atom. The minimum atomic E-state index is -3.54. The fraction of sp³-hybridized carbons (Fsp3) is 0.435. The lowest BCUT2D eigenvalue weighted by Crippen LogP contribution is -2.39. The van der Waals surface area contributed by atoms with E-state index in [1.165, 1.54) is 19.2 Å². The third kappa shape index (κ3) is 6.83. The first kappa shape index (κ1) is 25.3. The van der Waals surface area contributed by atoms with Gasteiger partial charge in [0.2, 0.25) is 10.0 Å². The van der Waals surface area contributed by atoms with Crippen molar-refractivity contribution in [3.63, 3.8) is 0 Å². The number of ketones is 1. The maximum atomic E-state index is 12.7. The fourth-order valence-corrected chi connectivity index (χ4v) is 5.18. The van der Waals surface area contributed by atoms with E-state index in [1.807, 2.05) is 0 Å². The van der Waals surface area contributed by atoms with Crippen LogP contribution >= 0.6 is 11.6 Å². The van der Waals surface area contributed by atoms with Gasteiger partial charge < -0.3 is 21.1 Å². The second-order valence-electron chi connectivity index (χ2n) is 8.29. The summed E-state index contributed by atoms with van der Waals surface area (Å²) in [4.78, 5) is 15.2. The van der Waals surface area contributed by atoms with Crippen molar-refractivity contribution in [2.24, 2.45) is 5.92 Å². The molecular weight excluding hydrogens is 464 g/mol. The van der Waals surface area contributed by atoms with Crippen molar-refractivity contribution in [2.75, 3.05) is 44.8 Å². The van der Waals surface area contributed by atoms with Gasteiger partial charge in [-0.3, -0.25) is 4.79 Å². The van der Waals surface area contributed by atoms with E-state index >= 15 is 0 Å². The van der Waals surface area contributed by atoms with Crippen LogP contribution in [-0.4, -0.2) is 52.4 Å². The Morgan fingerprint density at radius 2 is 1.85 bits per heavy atom. The number of hydrogen-bond acceptors (Lipinski definition) is 7. The quantitative estimate of drug-likeness (QED) is 0.342. The van der Waals surface area contributed by atoms with Crippen LogP contribution in [0.3, 0.4) is 0 Å². The lowest BCUT2D eigenvalue weighted by molar-refractivity contribution is 0.0960. The minimum Gasteiger partial charge on any atom is -0.496 e. The van der Waals surface area contributed by atoms with E-state index in [0.717, 1.165) is 32.4 Å². The van der Waals surface area contributed by atoms with Crippen LogP contribution < -0.4 is 20.9 Å². The molecular formula is C23H31ClN4O4S. The highest BCUT2D eigenvalue weighted by molar-refractivity contribution is 7.89. The van der Waals surface area contributed by atoms with Gasteiger partial charge in [-0.1, -0.05) is 11.6 Å². The van der Waals surface area contributed by atoms with E-state index in [0.29, 0.717) is 53.1 Å². The molecule has 0 unspecified atom stereocenters. The molecule has 1 aliphatic rings. The van der Waals surface area contributed by atoms with Crippen molar-refractivity contribution in [3.05, 3.63) is 47.0 Å². The molecule has 0 bridgehead atoms.